The maximum absolute atomic E-state index is 10.7. The highest BCUT2D eigenvalue weighted by Gasteiger charge is 2.17. The maximum atomic E-state index is 10.7. The highest BCUT2D eigenvalue weighted by molar-refractivity contribution is 7.79. The molecular weight excluding hydrogens is 208 g/mol. The molecule has 1 atom stereocenters. The van der Waals surface area contributed by atoms with Crippen LogP contribution in [0.4, 0.5) is 0 Å². The van der Waals surface area contributed by atoms with Crippen molar-refractivity contribution < 1.29 is 23.8 Å². The summed E-state index contributed by atoms with van der Waals surface area (Å²) in [5.41, 5.74) is 0.125. The quantitative estimate of drug-likeness (QED) is 0.640. The van der Waals surface area contributed by atoms with Gasteiger partial charge in [-0.1, -0.05) is 0 Å². The summed E-state index contributed by atoms with van der Waals surface area (Å²) in [5.74, 6) is -2.00. The lowest BCUT2D eigenvalue weighted by molar-refractivity contribution is 0.0693. The first-order valence-corrected chi connectivity index (χ1v) is 4.72. The number of rotatable bonds is 2. The Hall–Kier alpha value is -1.40. The molecule has 0 aliphatic carbocycles. The smallest absolute Gasteiger partial charge is 0.339 e. The predicted molar refractivity (Wildman–Crippen MR) is 48.8 cm³/mol. The van der Waals surface area contributed by atoms with Crippen LogP contribution in [0.1, 0.15) is 15.9 Å². The van der Waals surface area contributed by atoms with Gasteiger partial charge in [-0.15, -0.1) is 0 Å². The number of aromatic carboxylic acids is 1. The van der Waals surface area contributed by atoms with Crippen molar-refractivity contribution in [3.63, 3.8) is 0 Å². The van der Waals surface area contributed by atoms with E-state index in [1.165, 1.54) is 12.1 Å². The molecule has 76 valence electrons. The minimum atomic E-state index is -2.39. The van der Waals surface area contributed by atoms with E-state index in [0.29, 0.717) is 5.56 Å². The first kappa shape index (κ1) is 10.7. The monoisotopic (exact) mass is 216 g/mol. The zero-order valence-corrected chi connectivity index (χ0v) is 8.04. The van der Waals surface area contributed by atoms with Crippen LogP contribution in [0.15, 0.2) is 17.0 Å². The average Bonchev–Trinajstić information content (AvgIpc) is 2.07. The zero-order valence-electron chi connectivity index (χ0n) is 7.22. The average molecular weight is 216 g/mol. The van der Waals surface area contributed by atoms with Crippen LogP contribution in [-0.4, -0.2) is 24.9 Å². The van der Waals surface area contributed by atoms with Crippen molar-refractivity contribution in [2.75, 3.05) is 0 Å². The summed E-state index contributed by atoms with van der Waals surface area (Å²) >= 11 is -2.39. The van der Waals surface area contributed by atoms with Gasteiger partial charge in [0.2, 0.25) is 0 Å². The number of phenols is 1. The summed E-state index contributed by atoms with van der Waals surface area (Å²) in [6, 6.07) is 2.49. The van der Waals surface area contributed by atoms with Crippen molar-refractivity contribution in [3.05, 3.63) is 23.3 Å². The van der Waals surface area contributed by atoms with Crippen molar-refractivity contribution in [2.45, 2.75) is 11.8 Å². The Kier molecular flexibility index (Phi) is 2.87. The topological polar surface area (TPSA) is 94.8 Å². The molecule has 0 fully saturated rings. The minimum Gasteiger partial charge on any atom is -0.506 e. The van der Waals surface area contributed by atoms with Crippen LogP contribution in [0.5, 0.6) is 5.75 Å². The lowest BCUT2D eigenvalue weighted by Gasteiger charge is -2.05. The highest BCUT2D eigenvalue weighted by atomic mass is 32.2. The SMILES string of the molecule is Cc1cc(C(=O)O)c(O)c(S(=O)O)c1. The number of carboxylic acid groups (broad SMARTS) is 1. The van der Waals surface area contributed by atoms with E-state index in [9.17, 15) is 14.1 Å². The van der Waals surface area contributed by atoms with Gasteiger partial charge in [0, 0.05) is 0 Å². The maximum Gasteiger partial charge on any atom is 0.339 e. The number of benzene rings is 1. The number of aromatic hydroxyl groups is 1. The van der Waals surface area contributed by atoms with Gasteiger partial charge in [0.15, 0.2) is 11.1 Å². The lowest BCUT2D eigenvalue weighted by atomic mass is 10.1. The van der Waals surface area contributed by atoms with Crippen LogP contribution in [-0.2, 0) is 11.1 Å². The molecule has 0 heterocycles. The van der Waals surface area contributed by atoms with Gasteiger partial charge in [0.1, 0.15) is 16.2 Å². The summed E-state index contributed by atoms with van der Waals surface area (Å²) < 4.78 is 19.5. The molecular formula is C8H8O5S. The largest absolute Gasteiger partial charge is 0.506 e. The van der Waals surface area contributed by atoms with E-state index in [1.54, 1.807) is 6.92 Å². The Morgan fingerprint density at radius 2 is 2.00 bits per heavy atom. The van der Waals surface area contributed by atoms with E-state index in [4.69, 9.17) is 9.66 Å². The van der Waals surface area contributed by atoms with Gasteiger partial charge in [0.25, 0.3) is 0 Å². The third-order valence-corrected chi connectivity index (χ3v) is 2.33. The third kappa shape index (κ3) is 1.91. The van der Waals surface area contributed by atoms with Crippen LogP contribution in [0, 0.1) is 6.92 Å². The number of hydrogen-bond acceptors (Lipinski definition) is 3. The van der Waals surface area contributed by atoms with E-state index in [2.05, 4.69) is 0 Å². The van der Waals surface area contributed by atoms with Gasteiger partial charge in [-0.3, -0.25) is 0 Å². The van der Waals surface area contributed by atoms with Crippen LogP contribution < -0.4 is 0 Å². The number of carboxylic acids is 1. The van der Waals surface area contributed by atoms with Crippen molar-refractivity contribution in [2.24, 2.45) is 0 Å². The molecule has 0 aliphatic rings. The summed E-state index contributed by atoms with van der Waals surface area (Å²) in [6.45, 7) is 1.57. The molecule has 6 heteroatoms. The van der Waals surface area contributed by atoms with Gasteiger partial charge in [-0.05, 0) is 24.6 Å². The van der Waals surface area contributed by atoms with Crippen LogP contribution in [0.25, 0.3) is 0 Å². The molecule has 1 aromatic rings. The van der Waals surface area contributed by atoms with Crippen molar-refractivity contribution in [3.8, 4) is 5.75 Å². The van der Waals surface area contributed by atoms with Crippen LogP contribution in [0.2, 0.25) is 0 Å². The van der Waals surface area contributed by atoms with Gasteiger partial charge in [0.05, 0.1) is 0 Å². The summed E-state index contributed by atoms with van der Waals surface area (Å²) in [6.07, 6.45) is 0. The first-order valence-electron chi connectivity index (χ1n) is 3.61. The normalized spacial score (nSPS) is 12.4. The molecule has 1 unspecified atom stereocenters. The second kappa shape index (κ2) is 3.77. The van der Waals surface area contributed by atoms with E-state index >= 15 is 0 Å². The molecule has 1 rings (SSSR count). The number of carbonyl (C=O) groups is 1. The van der Waals surface area contributed by atoms with Crippen molar-refractivity contribution >= 4 is 17.0 Å². The van der Waals surface area contributed by atoms with Gasteiger partial charge in [-0.2, -0.15) is 0 Å². The predicted octanol–water partition coefficient (Wildman–Crippen LogP) is 0.979. The number of aryl methyl sites for hydroxylation is 1. The third-order valence-electron chi connectivity index (χ3n) is 1.64. The Labute approximate surface area is 82.3 Å². The molecule has 0 aromatic heterocycles. The number of hydrogen-bond donors (Lipinski definition) is 3. The first-order chi connectivity index (χ1) is 6.43. The van der Waals surface area contributed by atoms with E-state index in [0.717, 1.165) is 0 Å². The Morgan fingerprint density at radius 1 is 1.43 bits per heavy atom. The second-order valence-electron chi connectivity index (χ2n) is 2.71. The minimum absolute atomic E-state index is 0.289. The molecule has 1 aromatic carbocycles. The van der Waals surface area contributed by atoms with E-state index in [1.807, 2.05) is 0 Å². The second-order valence-corrected chi connectivity index (χ2v) is 3.65. The molecule has 0 bridgehead atoms. The standard InChI is InChI=1S/C8H8O5S/c1-4-2-5(8(10)11)7(9)6(3-4)14(12)13/h2-3,9H,1H3,(H,10,11)(H,12,13). The fourth-order valence-electron chi connectivity index (χ4n) is 1.04. The fourth-order valence-corrected chi connectivity index (χ4v) is 1.60. The summed E-state index contributed by atoms with van der Waals surface area (Å²) in [7, 11) is 0. The van der Waals surface area contributed by atoms with Crippen molar-refractivity contribution in [1.29, 1.82) is 0 Å². The van der Waals surface area contributed by atoms with E-state index in [-0.39, 0.29) is 10.5 Å². The molecule has 0 saturated carbocycles. The molecule has 0 aliphatic heterocycles. The van der Waals surface area contributed by atoms with E-state index < -0.39 is 22.8 Å². The highest BCUT2D eigenvalue weighted by Crippen LogP contribution is 2.26. The summed E-state index contributed by atoms with van der Waals surface area (Å²) in [5, 5.41) is 18.0. The Balaban J connectivity index is 3.47. The molecule has 0 radical (unpaired) electrons. The molecule has 0 spiro atoms. The van der Waals surface area contributed by atoms with Gasteiger partial charge < -0.3 is 14.8 Å². The summed E-state index contributed by atoms with van der Waals surface area (Å²) in [4.78, 5) is 10.3. The van der Waals surface area contributed by atoms with Gasteiger partial charge >= 0.3 is 5.97 Å². The van der Waals surface area contributed by atoms with Crippen LogP contribution >= 0.6 is 0 Å². The molecule has 0 saturated heterocycles. The molecule has 14 heavy (non-hydrogen) atoms. The van der Waals surface area contributed by atoms with Gasteiger partial charge in [-0.25, -0.2) is 9.00 Å². The Bertz CT molecular complexity index is 377. The zero-order chi connectivity index (χ0) is 10.9. The molecule has 3 N–H and O–H groups in total. The fraction of sp³-hybridized carbons (Fsp3) is 0.125. The molecule has 5 nitrogen and oxygen atoms in total. The Morgan fingerprint density at radius 3 is 2.43 bits per heavy atom. The molecule has 0 amide bonds. The van der Waals surface area contributed by atoms with Crippen LogP contribution in [0.3, 0.4) is 0 Å². The van der Waals surface area contributed by atoms with Crippen molar-refractivity contribution in [1.82, 2.24) is 0 Å². The lowest BCUT2D eigenvalue weighted by Crippen LogP contribution is -2.01.